The van der Waals surface area contributed by atoms with E-state index in [4.69, 9.17) is 0 Å². The van der Waals surface area contributed by atoms with E-state index in [0.717, 1.165) is 25.7 Å². The minimum absolute atomic E-state index is 0. The zero-order valence-electron chi connectivity index (χ0n) is 8.51. The Balaban J connectivity index is 0. The molecule has 0 aromatic rings. The van der Waals surface area contributed by atoms with Crippen LogP contribution in [0.3, 0.4) is 0 Å². The van der Waals surface area contributed by atoms with Crippen molar-refractivity contribution in [3.8, 4) is 0 Å². The summed E-state index contributed by atoms with van der Waals surface area (Å²) in [6.45, 7) is 4.03. The number of rotatable bonds is 6. The van der Waals surface area contributed by atoms with Gasteiger partial charge >= 0.3 is 29.6 Å². The van der Waals surface area contributed by atoms with Crippen LogP contribution >= 0.6 is 7.37 Å². The average Bonchev–Trinajstić information content (AvgIpc) is 1.97. The van der Waals surface area contributed by atoms with Gasteiger partial charge in [0.25, 0.3) is 0 Å². The third kappa shape index (κ3) is 9.28. The minimum Gasteiger partial charge on any atom is -0.799 e. The van der Waals surface area contributed by atoms with Crippen LogP contribution in [0.15, 0.2) is 0 Å². The summed E-state index contributed by atoms with van der Waals surface area (Å²) >= 11 is 0. The molecular weight excluding hydrogens is 182 g/mol. The van der Waals surface area contributed by atoms with Crippen molar-refractivity contribution in [3.05, 3.63) is 0 Å². The molecule has 12 heavy (non-hydrogen) atoms. The molecule has 0 atom stereocenters. The fourth-order valence-electron chi connectivity index (χ4n) is 0.910. The molecular formula is C8H18NaO2P. The van der Waals surface area contributed by atoms with E-state index in [-0.39, 0.29) is 29.6 Å². The maximum atomic E-state index is 11.2. The van der Waals surface area contributed by atoms with Gasteiger partial charge in [0.15, 0.2) is 0 Å². The Kier molecular flexibility index (Phi) is 11.4. The van der Waals surface area contributed by atoms with Crippen molar-refractivity contribution in [3.63, 3.8) is 0 Å². The van der Waals surface area contributed by atoms with Crippen molar-refractivity contribution in [1.29, 1.82) is 0 Å². The van der Waals surface area contributed by atoms with Crippen LogP contribution in [0.5, 0.6) is 0 Å². The molecule has 0 bridgehead atoms. The van der Waals surface area contributed by atoms with E-state index in [0.29, 0.717) is 12.3 Å². The molecule has 0 fully saturated rings. The first-order chi connectivity index (χ1) is 5.12. The van der Waals surface area contributed by atoms with Gasteiger partial charge in [-0.2, -0.15) is 0 Å². The van der Waals surface area contributed by atoms with Crippen molar-refractivity contribution >= 4 is 7.37 Å². The summed E-state index contributed by atoms with van der Waals surface area (Å²) in [5, 5.41) is 0. The first-order valence-corrected chi connectivity index (χ1v) is 6.41. The van der Waals surface area contributed by atoms with Crippen LogP contribution in [0, 0.1) is 0 Å². The van der Waals surface area contributed by atoms with Gasteiger partial charge in [0, 0.05) is 7.37 Å². The van der Waals surface area contributed by atoms with E-state index in [1.807, 2.05) is 13.8 Å². The molecule has 0 aromatic carbocycles. The molecule has 0 aliphatic rings. The van der Waals surface area contributed by atoms with Gasteiger partial charge in [0.1, 0.15) is 0 Å². The topological polar surface area (TPSA) is 40.1 Å². The van der Waals surface area contributed by atoms with Crippen LogP contribution in [0.1, 0.15) is 39.5 Å². The summed E-state index contributed by atoms with van der Waals surface area (Å²) in [5.74, 6) is 0. The third-order valence-corrected chi connectivity index (χ3v) is 3.70. The summed E-state index contributed by atoms with van der Waals surface area (Å²) in [6.07, 6.45) is 4.40. The largest absolute Gasteiger partial charge is 1.00 e. The molecule has 4 heteroatoms. The zero-order chi connectivity index (χ0) is 8.74. The van der Waals surface area contributed by atoms with Gasteiger partial charge in [-0.15, -0.1) is 0 Å². The second kappa shape index (κ2) is 8.77. The molecule has 68 valence electrons. The predicted molar refractivity (Wildman–Crippen MR) is 47.2 cm³/mol. The van der Waals surface area contributed by atoms with E-state index in [9.17, 15) is 9.46 Å². The Morgan fingerprint density at radius 2 is 1.42 bits per heavy atom. The van der Waals surface area contributed by atoms with Crippen molar-refractivity contribution in [1.82, 2.24) is 0 Å². The first kappa shape index (κ1) is 15.7. The fraction of sp³-hybridized carbons (Fsp3) is 1.00. The Morgan fingerprint density at radius 1 is 1.08 bits per heavy atom. The number of unbranched alkanes of at least 4 members (excludes halogenated alkanes) is 2. The molecule has 0 spiro atoms. The zero-order valence-corrected chi connectivity index (χ0v) is 11.4. The molecule has 0 rings (SSSR count). The molecule has 0 aromatic heterocycles. The Morgan fingerprint density at radius 3 is 1.67 bits per heavy atom. The van der Waals surface area contributed by atoms with Crippen molar-refractivity contribution < 1.29 is 39.0 Å². The average molecular weight is 200 g/mol. The second-order valence-corrected chi connectivity index (χ2v) is 5.49. The normalized spacial score (nSPS) is 10.9. The van der Waals surface area contributed by atoms with Gasteiger partial charge in [-0.25, -0.2) is 0 Å². The molecule has 0 N–H and O–H groups in total. The first-order valence-electron chi connectivity index (χ1n) is 4.41. The summed E-state index contributed by atoms with van der Waals surface area (Å²) < 4.78 is 11.2. The molecule has 0 heterocycles. The molecule has 0 aliphatic carbocycles. The molecule has 0 aliphatic heterocycles. The minimum atomic E-state index is -2.98. The van der Waals surface area contributed by atoms with Gasteiger partial charge in [-0.1, -0.05) is 26.7 Å². The van der Waals surface area contributed by atoms with Crippen molar-refractivity contribution in [2.24, 2.45) is 0 Å². The third-order valence-electron chi connectivity index (χ3n) is 1.70. The smallest absolute Gasteiger partial charge is 0.799 e. The van der Waals surface area contributed by atoms with Crippen LogP contribution < -0.4 is 34.5 Å². The summed E-state index contributed by atoms with van der Waals surface area (Å²) in [4.78, 5) is 11.2. The van der Waals surface area contributed by atoms with Crippen LogP contribution in [0.2, 0.25) is 0 Å². The number of hydrogen-bond acceptors (Lipinski definition) is 2. The Bertz CT molecular complexity index is 127. The van der Waals surface area contributed by atoms with E-state index in [1.54, 1.807) is 0 Å². The van der Waals surface area contributed by atoms with E-state index < -0.39 is 7.37 Å². The summed E-state index contributed by atoms with van der Waals surface area (Å²) in [5.41, 5.74) is 0. The van der Waals surface area contributed by atoms with Gasteiger partial charge in [0.05, 0.1) is 0 Å². The van der Waals surface area contributed by atoms with E-state index in [1.165, 1.54) is 0 Å². The number of hydrogen-bond donors (Lipinski definition) is 0. The van der Waals surface area contributed by atoms with E-state index in [2.05, 4.69) is 0 Å². The van der Waals surface area contributed by atoms with Crippen LogP contribution in [-0.2, 0) is 4.57 Å². The van der Waals surface area contributed by atoms with E-state index >= 15 is 0 Å². The summed E-state index contributed by atoms with van der Waals surface area (Å²) in [6, 6.07) is 0. The standard InChI is InChI=1S/C8H19O2P.Na/c1-3-5-7-11(9,10)8-6-4-2;/h3-8H2,1-2H3,(H,9,10);/q;+1/p-1. The van der Waals surface area contributed by atoms with Crippen molar-refractivity contribution in [2.75, 3.05) is 12.3 Å². The molecule has 0 saturated heterocycles. The fourth-order valence-corrected chi connectivity index (χ4v) is 2.73. The monoisotopic (exact) mass is 200 g/mol. The van der Waals surface area contributed by atoms with Gasteiger partial charge in [-0.05, 0) is 25.2 Å². The van der Waals surface area contributed by atoms with Gasteiger partial charge < -0.3 is 9.46 Å². The van der Waals surface area contributed by atoms with Crippen molar-refractivity contribution in [2.45, 2.75) is 39.5 Å². The Labute approximate surface area is 97.9 Å². The maximum absolute atomic E-state index is 11.2. The second-order valence-electron chi connectivity index (χ2n) is 2.97. The van der Waals surface area contributed by atoms with Gasteiger partial charge in [-0.3, -0.25) is 0 Å². The molecule has 0 saturated carbocycles. The molecule has 2 nitrogen and oxygen atoms in total. The quantitative estimate of drug-likeness (QED) is 0.417. The molecule has 0 unspecified atom stereocenters. The molecule has 0 amide bonds. The molecule has 0 radical (unpaired) electrons. The SMILES string of the molecule is CCCCP(=O)([O-])CCCC.[Na+]. The van der Waals surface area contributed by atoms with Crippen LogP contribution in [0.25, 0.3) is 0 Å². The van der Waals surface area contributed by atoms with Crippen LogP contribution in [0.4, 0.5) is 0 Å². The summed E-state index contributed by atoms with van der Waals surface area (Å²) in [7, 11) is -2.98. The predicted octanol–water partition coefficient (Wildman–Crippen LogP) is -0.771. The van der Waals surface area contributed by atoms with Gasteiger partial charge in [0.2, 0.25) is 0 Å². The maximum Gasteiger partial charge on any atom is 1.00 e. The van der Waals surface area contributed by atoms with Crippen LogP contribution in [-0.4, -0.2) is 12.3 Å². The Hall–Kier alpha value is 1.19.